The van der Waals surface area contributed by atoms with Gasteiger partial charge >= 0.3 is 6.18 Å². The minimum Gasteiger partial charge on any atom is -0.342 e. The van der Waals surface area contributed by atoms with Crippen LogP contribution in [0.2, 0.25) is 4.34 Å². The van der Waals surface area contributed by atoms with Gasteiger partial charge in [-0.2, -0.15) is 23.7 Å². The number of halogens is 4. The molecule has 13 heteroatoms. The Labute approximate surface area is 321 Å². The summed E-state index contributed by atoms with van der Waals surface area (Å²) in [6.07, 6.45) is -2.91. The lowest BCUT2D eigenvalue weighted by atomic mass is 10.0. The number of alkyl halides is 3. The molecule has 0 radical (unpaired) electrons. The third kappa shape index (κ3) is 14.2. The zero-order valence-corrected chi connectivity index (χ0v) is 32.4. The number of thioether (sulfide) groups is 2. The quantitative estimate of drug-likeness (QED) is 0.0974. The molecule has 0 saturated heterocycles. The molecule has 2 N–H and O–H groups in total. The molecule has 0 saturated carbocycles. The van der Waals surface area contributed by atoms with E-state index >= 15 is 0 Å². The first-order valence-electron chi connectivity index (χ1n) is 16.5. The van der Waals surface area contributed by atoms with Gasteiger partial charge < -0.3 is 10.6 Å². The molecule has 4 aromatic rings. The first kappa shape index (κ1) is 42.5. The number of rotatable bonds is 14. The number of nitrogens with zero attached hydrogens (tertiary/aromatic N) is 2. The predicted octanol–water partition coefficient (Wildman–Crippen LogP) is 10.7. The van der Waals surface area contributed by atoms with Crippen molar-refractivity contribution in [2.45, 2.75) is 67.0 Å². The van der Waals surface area contributed by atoms with Crippen LogP contribution in [0, 0.1) is 34.5 Å². The number of nitriles is 2. The number of amides is 2. The van der Waals surface area contributed by atoms with Crippen molar-refractivity contribution in [3.05, 3.63) is 94.8 Å². The van der Waals surface area contributed by atoms with Gasteiger partial charge in [-0.25, -0.2) is 0 Å². The molecular formula is C39H40ClF3N4O2S3. The maximum absolute atomic E-state index is 12.7. The van der Waals surface area contributed by atoms with Crippen LogP contribution >= 0.6 is 46.5 Å². The fraction of sp³-hybridized carbons (Fsp3) is 0.333. The minimum atomic E-state index is -4.35. The summed E-state index contributed by atoms with van der Waals surface area (Å²) in [4.78, 5) is 27.6. The summed E-state index contributed by atoms with van der Waals surface area (Å²) in [6, 6.07) is 28.3. The van der Waals surface area contributed by atoms with Gasteiger partial charge in [-0.05, 0) is 89.9 Å². The molecule has 2 amide bonds. The maximum atomic E-state index is 12.7. The summed E-state index contributed by atoms with van der Waals surface area (Å²) < 4.78 is 38.8. The number of carbonyl (C=O) groups excluding carboxylic acids is 2. The van der Waals surface area contributed by atoms with E-state index in [-0.39, 0.29) is 35.4 Å². The largest absolute Gasteiger partial charge is 0.416 e. The Morgan fingerprint density at radius 1 is 0.692 bits per heavy atom. The van der Waals surface area contributed by atoms with Crippen molar-refractivity contribution in [3.8, 4) is 33.7 Å². The van der Waals surface area contributed by atoms with E-state index in [4.69, 9.17) is 22.1 Å². The molecule has 52 heavy (non-hydrogen) atoms. The minimum absolute atomic E-state index is 0.0269. The molecule has 0 aliphatic rings. The number of thiophene rings is 1. The van der Waals surface area contributed by atoms with Crippen LogP contribution in [0.4, 0.5) is 13.2 Å². The van der Waals surface area contributed by atoms with E-state index in [9.17, 15) is 22.8 Å². The van der Waals surface area contributed by atoms with Crippen molar-refractivity contribution >= 4 is 58.3 Å². The molecule has 0 bridgehead atoms. The van der Waals surface area contributed by atoms with E-state index in [1.165, 1.54) is 23.9 Å². The predicted molar refractivity (Wildman–Crippen MR) is 207 cm³/mol. The van der Waals surface area contributed by atoms with E-state index in [2.05, 4.69) is 24.5 Å². The molecule has 0 aliphatic carbocycles. The molecule has 3 aromatic carbocycles. The lowest BCUT2D eigenvalue weighted by Gasteiger charge is -2.17. The number of benzene rings is 3. The van der Waals surface area contributed by atoms with Crippen LogP contribution in [0.3, 0.4) is 0 Å². The van der Waals surface area contributed by atoms with Gasteiger partial charge in [0.1, 0.15) is 13.1 Å². The van der Waals surface area contributed by atoms with Gasteiger partial charge in [-0.1, -0.05) is 75.7 Å². The fourth-order valence-electron chi connectivity index (χ4n) is 4.83. The highest BCUT2D eigenvalue weighted by Crippen LogP contribution is 2.35. The zero-order chi connectivity index (χ0) is 38.3. The van der Waals surface area contributed by atoms with E-state index < -0.39 is 11.7 Å². The lowest BCUT2D eigenvalue weighted by Crippen LogP contribution is -2.33. The highest BCUT2D eigenvalue weighted by Gasteiger charge is 2.30. The monoisotopic (exact) mass is 784 g/mol. The highest BCUT2D eigenvalue weighted by atomic mass is 35.5. The van der Waals surface area contributed by atoms with Crippen molar-refractivity contribution in [3.63, 3.8) is 0 Å². The van der Waals surface area contributed by atoms with Crippen LogP contribution in [0.5, 0.6) is 0 Å². The van der Waals surface area contributed by atoms with Gasteiger partial charge in [-0.15, -0.1) is 34.9 Å². The van der Waals surface area contributed by atoms with Gasteiger partial charge in [0, 0.05) is 14.7 Å². The van der Waals surface area contributed by atoms with Gasteiger partial charge in [0.05, 0.1) is 32.5 Å². The van der Waals surface area contributed by atoms with Crippen LogP contribution in [-0.4, -0.2) is 35.4 Å². The van der Waals surface area contributed by atoms with Crippen LogP contribution in [0.1, 0.15) is 46.1 Å². The van der Waals surface area contributed by atoms with E-state index in [1.807, 2.05) is 86.6 Å². The molecule has 2 unspecified atom stereocenters. The normalized spacial score (nSPS) is 12.2. The van der Waals surface area contributed by atoms with Gasteiger partial charge in [0.2, 0.25) is 11.8 Å². The molecular weight excluding hydrogens is 745 g/mol. The van der Waals surface area contributed by atoms with Crippen LogP contribution < -0.4 is 10.6 Å². The van der Waals surface area contributed by atoms with Crippen molar-refractivity contribution < 1.29 is 22.8 Å². The molecule has 0 aliphatic heterocycles. The van der Waals surface area contributed by atoms with Crippen LogP contribution in [-0.2, 0) is 15.8 Å². The molecule has 274 valence electrons. The average molecular weight is 785 g/mol. The Bertz CT molecular complexity index is 1820. The van der Waals surface area contributed by atoms with Crippen molar-refractivity contribution in [1.82, 2.24) is 10.6 Å². The summed E-state index contributed by atoms with van der Waals surface area (Å²) in [6.45, 7) is 8.26. The first-order valence-corrected chi connectivity index (χ1v) is 19.4. The van der Waals surface area contributed by atoms with Gasteiger partial charge in [-0.3, -0.25) is 9.59 Å². The van der Waals surface area contributed by atoms with Crippen LogP contribution in [0.25, 0.3) is 21.6 Å². The number of hydrogen-bond donors (Lipinski definition) is 2. The smallest absolute Gasteiger partial charge is 0.342 e. The Morgan fingerprint density at radius 3 is 1.44 bits per heavy atom. The average Bonchev–Trinajstić information content (AvgIpc) is 3.55. The molecule has 2 atom stereocenters. The first-order chi connectivity index (χ1) is 24.7. The van der Waals surface area contributed by atoms with E-state index in [0.29, 0.717) is 23.8 Å². The SMILES string of the molecule is CC(C)CC(Sc1ccc(-c2ccc(C(F)(F)F)cc2)cc1)C(=O)NCC#N.CC(C)CC(Sc1ccc(-c2ccc(Cl)s2)cc1)C(=O)NCC#N. The number of hydrogen-bond acceptors (Lipinski definition) is 7. The summed E-state index contributed by atoms with van der Waals surface area (Å²) in [5.41, 5.74) is 1.93. The summed E-state index contributed by atoms with van der Waals surface area (Å²) in [5, 5.41) is 22.0. The van der Waals surface area contributed by atoms with E-state index in [1.54, 1.807) is 23.1 Å². The molecule has 1 heterocycles. The summed E-state index contributed by atoms with van der Waals surface area (Å²) in [7, 11) is 0. The fourth-order valence-corrected chi connectivity index (χ4v) is 8.46. The number of nitrogens with one attached hydrogen (secondary N) is 2. The molecule has 1 aromatic heterocycles. The summed E-state index contributed by atoms with van der Waals surface area (Å²) >= 11 is 10.5. The summed E-state index contributed by atoms with van der Waals surface area (Å²) in [5.74, 6) is 0.469. The standard InChI is InChI=1S/C21H21F3N2OS.C18H19ClN2OS2/c1-14(2)13-19(20(27)26-12-11-25)28-18-9-5-16(6-10-18)15-3-7-17(8-4-15)21(22,23)24;1-12(2)11-16(18(22)21-10-9-20)23-14-5-3-13(4-6-14)15-7-8-17(19)24-15/h3-10,14,19H,12-13H2,1-2H3,(H,26,27);3-8,12,16H,10-11H2,1-2H3,(H,21,22). The van der Waals surface area contributed by atoms with Gasteiger partial charge in [0.25, 0.3) is 0 Å². The van der Waals surface area contributed by atoms with Crippen molar-refractivity contribution in [2.75, 3.05) is 13.1 Å². The maximum Gasteiger partial charge on any atom is 0.416 e. The van der Waals surface area contributed by atoms with Gasteiger partial charge in [0.15, 0.2) is 0 Å². The lowest BCUT2D eigenvalue weighted by molar-refractivity contribution is -0.137. The second-order valence-electron chi connectivity index (χ2n) is 12.5. The molecule has 0 fully saturated rings. The zero-order valence-electron chi connectivity index (χ0n) is 29.2. The second-order valence-corrected chi connectivity index (χ2v) is 16.7. The molecule has 6 nitrogen and oxygen atoms in total. The number of carbonyl (C=O) groups is 2. The topological polar surface area (TPSA) is 106 Å². The Morgan fingerprint density at radius 2 is 1.10 bits per heavy atom. The Hall–Kier alpha value is -3.94. The third-order valence-corrected chi connectivity index (χ3v) is 11.1. The van der Waals surface area contributed by atoms with Crippen LogP contribution in [0.15, 0.2) is 94.7 Å². The second kappa shape index (κ2) is 20.9. The molecule has 0 spiro atoms. The Balaban J connectivity index is 0.000000284. The Kier molecular flexibility index (Phi) is 17.1. The third-order valence-electron chi connectivity index (χ3n) is 7.31. The van der Waals surface area contributed by atoms with Crippen molar-refractivity contribution in [2.24, 2.45) is 11.8 Å². The van der Waals surface area contributed by atoms with E-state index in [0.717, 1.165) is 48.7 Å². The van der Waals surface area contributed by atoms with Crippen molar-refractivity contribution in [1.29, 1.82) is 10.5 Å². The molecule has 4 rings (SSSR count). The highest BCUT2D eigenvalue weighted by molar-refractivity contribution is 8.00.